The van der Waals surface area contributed by atoms with Crippen LogP contribution in [0.3, 0.4) is 0 Å². The number of amides is 1. The molecule has 1 fully saturated rings. The van der Waals surface area contributed by atoms with E-state index in [-0.39, 0.29) is 35.6 Å². The number of hydrogen-bond donors (Lipinski definition) is 2. The second-order valence-corrected chi connectivity index (χ2v) is 7.65. The lowest BCUT2D eigenvalue weighted by molar-refractivity contribution is -0.252. The topological polar surface area (TPSA) is 78.6 Å². The van der Waals surface area contributed by atoms with E-state index >= 15 is 0 Å². The molecule has 3 aromatic rings. The highest BCUT2D eigenvalue weighted by Crippen LogP contribution is 2.44. The lowest BCUT2D eigenvalue weighted by Gasteiger charge is -2.30. The van der Waals surface area contributed by atoms with Crippen molar-refractivity contribution in [3.8, 4) is 0 Å². The molecule has 1 amide bonds. The molecule has 1 saturated heterocycles. The number of rotatable bonds is 4. The Bertz CT molecular complexity index is 1110. The number of imidazole rings is 1. The van der Waals surface area contributed by atoms with Crippen LogP contribution in [0.15, 0.2) is 48.5 Å². The Labute approximate surface area is 176 Å². The van der Waals surface area contributed by atoms with Gasteiger partial charge < -0.3 is 19.7 Å². The number of benzene rings is 2. The molecule has 2 heterocycles. The molecule has 2 N–H and O–H groups in total. The summed E-state index contributed by atoms with van der Waals surface area (Å²) in [5, 5.41) is 20.7. The van der Waals surface area contributed by atoms with Crippen molar-refractivity contribution in [1.82, 2.24) is 14.5 Å². The second kappa shape index (κ2) is 7.65. The maximum atomic E-state index is 14.2. The SMILES string of the molecule is CCn1c(C(O)(c2ccccc2)C(F)(F)F)nc2ccc(C(=O)N3CC[C@@H](O)C3)cc21. The van der Waals surface area contributed by atoms with Crippen LogP contribution in [0, 0.1) is 0 Å². The lowest BCUT2D eigenvalue weighted by atomic mass is 9.92. The third-order valence-corrected chi connectivity index (χ3v) is 5.69. The van der Waals surface area contributed by atoms with Crippen LogP contribution in [-0.4, -0.2) is 55.9 Å². The number of alkyl halides is 3. The monoisotopic (exact) mass is 433 g/mol. The molecule has 0 saturated carbocycles. The summed E-state index contributed by atoms with van der Waals surface area (Å²) in [7, 11) is 0. The van der Waals surface area contributed by atoms with E-state index in [0.29, 0.717) is 18.5 Å². The van der Waals surface area contributed by atoms with E-state index in [4.69, 9.17) is 0 Å². The third kappa shape index (κ3) is 3.47. The minimum Gasteiger partial charge on any atom is -0.391 e. The lowest BCUT2D eigenvalue weighted by Crippen LogP contribution is -2.45. The zero-order chi connectivity index (χ0) is 22.4. The molecular formula is C22H22F3N3O3. The van der Waals surface area contributed by atoms with Crippen molar-refractivity contribution in [2.45, 2.75) is 37.8 Å². The van der Waals surface area contributed by atoms with Gasteiger partial charge in [-0.3, -0.25) is 4.79 Å². The molecule has 1 aliphatic heterocycles. The smallest absolute Gasteiger partial charge is 0.391 e. The fraction of sp³-hybridized carbons (Fsp3) is 0.364. The zero-order valence-corrected chi connectivity index (χ0v) is 16.8. The number of likely N-dealkylation sites (tertiary alicyclic amines) is 1. The Morgan fingerprint density at radius 3 is 2.48 bits per heavy atom. The molecule has 9 heteroatoms. The van der Waals surface area contributed by atoms with Crippen molar-refractivity contribution in [1.29, 1.82) is 0 Å². The van der Waals surface area contributed by atoms with Gasteiger partial charge in [0.05, 0.1) is 17.1 Å². The second-order valence-electron chi connectivity index (χ2n) is 7.65. The first kappa shape index (κ1) is 21.3. The number of nitrogens with zero attached hydrogens (tertiary/aromatic N) is 3. The molecule has 0 radical (unpaired) electrons. The Kier molecular flexibility index (Phi) is 5.26. The van der Waals surface area contributed by atoms with Gasteiger partial charge in [-0.1, -0.05) is 30.3 Å². The van der Waals surface area contributed by atoms with Crippen LogP contribution in [0.2, 0.25) is 0 Å². The highest BCUT2D eigenvalue weighted by Gasteiger charge is 2.59. The number of halogens is 3. The standard InChI is InChI=1S/C22H22F3N3O3/c1-2-28-18-12-14(19(30)27-11-10-16(29)13-27)8-9-17(18)26-20(28)21(31,22(23,24)25)15-6-4-3-5-7-15/h3-9,12,16,29,31H,2,10-11,13H2,1H3/t16-,21?/m1/s1. The molecule has 164 valence electrons. The van der Waals surface area contributed by atoms with Crippen LogP contribution in [0.4, 0.5) is 13.2 Å². The van der Waals surface area contributed by atoms with Crippen LogP contribution in [0.25, 0.3) is 11.0 Å². The number of carbonyl (C=O) groups excluding carboxylic acids is 1. The van der Waals surface area contributed by atoms with E-state index < -0.39 is 23.7 Å². The minimum absolute atomic E-state index is 0.108. The molecule has 4 rings (SSSR count). The quantitative estimate of drug-likeness (QED) is 0.663. The molecular weight excluding hydrogens is 411 g/mol. The number of hydrogen-bond acceptors (Lipinski definition) is 4. The number of aryl methyl sites for hydroxylation is 1. The van der Waals surface area contributed by atoms with Crippen molar-refractivity contribution >= 4 is 16.9 Å². The van der Waals surface area contributed by atoms with Crippen LogP contribution in [0.5, 0.6) is 0 Å². The number of fused-ring (bicyclic) bond motifs is 1. The van der Waals surface area contributed by atoms with Crippen molar-refractivity contribution in [2.75, 3.05) is 13.1 Å². The molecule has 0 bridgehead atoms. The molecule has 1 unspecified atom stereocenters. The predicted octanol–water partition coefficient (Wildman–Crippen LogP) is 3.06. The molecule has 6 nitrogen and oxygen atoms in total. The number of aliphatic hydroxyl groups excluding tert-OH is 1. The largest absolute Gasteiger partial charge is 0.428 e. The molecule has 0 spiro atoms. The van der Waals surface area contributed by atoms with E-state index in [1.54, 1.807) is 13.0 Å². The summed E-state index contributed by atoms with van der Waals surface area (Å²) in [5.41, 5.74) is -2.80. The zero-order valence-electron chi connectivity index (χ0n) is 16.8. The van der Waals surface area contributed by atoms with E-state index in [9.17, 15) is 28.2 Å². The maximum Gasteiger partial charge on any atom is 0.428 e. The summed E-state index contributed by atoms with van der Waals surface area (Å²) in [6, 6.07) is 11.3. The van der Waals surface area contributed by atoms with Gasteiger partial charge in [0, 0.05) is 30.8 Å². The van der Waals surface area contributed by atoms with E-state index in [1.165, 1.54) is 51.9 Å². The highest BCUT2D eigenvalue weighted by molar-refractivity contribution is 5.97. The number of aromatic nitrogens is 2. The molecule has 1 aromatic heterocycles. The summed E-state index contributed by atoms with van der Waals surface area (Å²) in [6.45, 7) is 2.39. The Morgan fingerprint density at radius 2 is 1.90 bits per heavy atom. The van der Waals surface area contributed by atoms with Crippen LogP contribution in [-0.2, 0) is 12.1 Å². The fourth-order valence-corrected chi connectivity index (χ4v) is 4.06. The summed E-state index contributed by atoms with van der Waals surface area (Å²) in [5.74, 6) is -0.858. The van der Waals surface area contributed by atoms with Gasteiger partial charge in [-0.2, -0.15) is 13.2 Å². The number of aliphatic hydroxyl groups is 2. The van der Waals surface area contributed by atoms with Crippen LogP contribution >= 0.6 is 0 Å². The normalized spacial score (nSPS) is 19.0. The molecule has 2 aromatic carbocycles. The average Bonchev–Trinajstić information content (AvgIpc) is 3.35. The van der Waals surface area contributed by atoms with Crippen molar-refractivity contribution in [3.05, 3.63) is 65.5 Å². The van der Waals surface area contributed by atoms with Crippen molar-refractivity contribution < 1.29 is 28.2 Å². The van der Waals surface area contributed by atoms with E-state index in [1.807, 2.05) is 0 Å². The first-order chi connectivity index (χ1) is 14.7. The summed E-state index contributed by atoms with van der Waals surface area (Å²) < 4.78 is 43.8. The first-order valence-electron chi connectivity index (χ1n) is 9.99. The van der Waals surface area contributed by atoms with Gasteiger partial charge in [0.15, 0.2) is 5.82 Å². The number of carbonyl (C=O) groups is 1. The molecule has 1 aliphatic rings. The van der Waals surface area contributed by atoms with Gasteiger partial charge in [0.2, 0.25) is 5.60 Å². The molecule has 0 aliphatic carbocycles. The van der Waals surface area contributed by atoms with Gasteiger partial charge in [-0.15, -0.1) is 0 Å². The van der Waals surface area contributed by atoms with Gasteiger partial charge in [-0.05, 0) is 31.5 Å². The first-order valence-corrected chi connectivity index (χ1v) is 9.99. The van der Waals surface area contributed by atoms with Crippen molar-refractivity contribution in [2.24, 2.45) is 0 Å². The Balaban J connectivity index is 1.86. The summed E-state index contributed by atoms with van der Waals surface area (Å²) in [4.78, 5) is 18.4. The van der Waals surface area contributed by atoms with Gasteiger partial charge in [-0.25, -0.2) is 4.98 Å². The highest BCUT2D eigenvalue weighted by atomic mass is 19.4. The van der Waals surface area contributed by atoms with E-state index in [0.717, 1.165) is 0 Å². The Hall–Kier alpha value is -2.91. The molecule has 31 heavy (non-hydrogen) atoms. The van der Waals surface area contributed by atoms with Gasteiger partial charge in [0.25, 0.3) is 5.91 Å². The van der Waals surface area contributed by atoms with E-state index in [2.05, 4.69) is 4.98 Å². The van der Waals surface area contributed by atoms with Crippen molar-refractivity contribution in [3.63, 3.8) is 0 Å². The van der Waals surface area contributed by atoms with Gasteiger partial charge >= 0.3 is 6.18 Å². The minimum atomic E-state index is -5.02. The Morgan fingerprint density at radius 1 is 1.19 bits per heavy atom. The average molecular weight is 433 g/mol. The third-order valence-electron chi connectivity index (χ3n) is 5.69. The number of β-amino-alcohol motifs (C(OH)–C–C–N with tert-alkyl or cyclic N) is 1. The molecule has 2 atom stereocenters. The van der Waals surface area contributed by atoms with Gasteiger partial charge in [0.1, 0.15) is 0 Å². The summed E-state index contributed by atoms with van der Waals surface area (Å²) >= 11 is 0. The maximum absolute atomic E-state index is 14.2. The fourth-order valence-electron chi connectivity index (χ4n) is 4.06. The van der Waals surface area contributed by atoms with Crippen LogP contribution in [0.1, 0.15) is 35.1 Å². The van der Waals surface area contributed by atoms with Crippen LogP contribution < -0.4 is 0 Å². The predicted molar refractivity (Wildman–Crippen MR) is 107 cm³/mol. The summed E-state index contributed by atoms with van der Waals surface area (Å²) in [6.07, 6.45) is -5.11.